The second-order valence-electron chi connectivity index (χ2n) is 6.09. The van der Waals surface area contributed by atoms with Crippen LogP contribution in [0.15, 0.2) is 48.5 Å². The van der Waals surface area contributed by atoms with Crippen molar-refractivity contribution in [2.75, 3.05) is 5.32 Å². The summed E-state index contributed by atoms with van der Waals surface area (Å²) in [6, 6.07) is 16.5. The summed E-state index contributed by atoms with van der Waals surface area (Å²) in [5, 5.41) is 24.6. The van der Waals surface area contributed by atoms with Gasteiger partial charge in [-0.3, -0.25) is 0 Å². The highest BCUT2D eigenvalue weighted by atomic mass is 16.3. The zero-order chi connectivity index (χ0) is 16.4. The number of hydrogen-bond donors (Lipinski definition) is 2. The number of nitrogens with zero attached hydrogens (tertiary/aromatic N) is 4. The van der Waals surface area contributed by atoms with E-state index < -0.39 is 0 Å². The summed E-state index contributed by atoms with van der Waals surface area (Å²) in [5.74, 6) is 0.827. The van der Waals surface area contributed by atoms with Gasteiger partial charge in [-0.25, -0.2) is 4.68 Å². The first-order valence-electron chi connectivity index (χ1n) is 8.14. The van der Waals surface area contributed by atoms with Gasteiger partial charge in [0, 0.05) is 17.8 Å². The topological polar surface area (TPSA) is 75.9 Å². The lowest BCUT2D eigenvalue weighted by Crippen LogP contribution is -2.02. The predicted molar refractivity (Wildman–Crippen MR) is 91.2 cm³/mol. The number of aliphatic hydroxyl groups is 1. The number of hydrogen-bond acceptors (Lipinski definition) is 5. The first-order valence-corrected chi connectivity index (χ1v) is 8.14. The summed E-state index contributed by atoms with van der Waals surface area (Å²) < 4.78 is 1.92. The molecule has 0 atom stereocenters. The molecule has 2 N–H and O–H groups in total. The third-order valence-corrected chi connectivity index (χ3v) is 4.21. The van der Waals surface area contributed by atoms with E-state index in [0.717, 1.165) is 42.0 Å². The fourth-order valence-corrected chi connectivity index (χ4v) is 2.68. The van der Waals surface area contributed by atoms with E-state index in [1.165, 1.54) is 5.56 Å². The van der Waals surface area contributed by atoms with Gasteiger partial charge in [0.25, 0.3) is 0 Å². The molecule has 0 aliphatic heterocycles. The van der Waals surface area contributed by atoms with Crippen molar-refractivity contribution >= 4 is 5.69 Å². The summed E-state index contributed by atoms with van der Waals surface area (Å²) in [4.78, 5) is 0. The van der Waals surface area contributed by atoms with Crippen molar-refractivity contribution in [2.24, 2.45) is 0 Å². The van der Waals surface area contributed by atoms with Crippen LogP contribution < -0.4 is 5.32 Å². The van der Waals surface area contributed by atoms with Gasteiger partial charge >= 0.3 is 0 Å². The Morgan fingerprint density at radius 1 is 1.08 bits per heavy atom. The third-order valence-electron chi connectivity index (χ3n) is 4.21. The SMILES string of the molecule is OCc1ccc(CNc2cccc(-c3nnnn3C3CC3)c2)cc1. The Morgan fingerprint density at radius 2 is 1.88 bits per heavy atom. The number of aromatic nitrogens is 4. The molecule has 0 spiro atoms. The van der Waals surface area contributed by atoms with Crippen LogP contribution in [-0.4, -0.2) is 25.3 Å². The fraction of sp³-hybridized carbons (Fsp3) is 0.278. The molecule has 1 fully saturated rings. The maximum atomic E-state index is 9.09. The molecule has 3 aromatic rings. The molecule has 0 radical (unpaired) electrons. The van der Waals surface area contributed by atoms with Crippen molar-refractivity contribution in [3.05, 3.63) is 59.7 Å². The first-order chi connectivity index (χ1) is 11.8. The van der Waals surface area contributed by atoms with Crippen LogP contribution in [0, 0.1) is 0 Å². The molecule has 0 amide bonds. The monoisotopic (exact) mass is 321 g/mol. The highest BCUT2D eigenvalue weighted by Gasteiger charge is 2.28. The minimum absolute atomic E-state index is 0.0749. The minimum atomic E-state index is 0.0749. The van der Waals surface area contributed by atoms with Gasteiger partial charge in [0.1, 0.15) is 0 Å². The average molecular weight is 321 g/mol. The molecule has 0 bridgehead atoms. The van der Waals surface area contributed by atoms with E-state index in [1.807, 2.05) is 47.1 Å². The average Bonchev–Trinajstić information content (AvgIpc) is 3.37. The van der Waals surface area contributed by atoms with E-state index in [-0.39, 0.29) is 6.61 Å². The summed E-state index contributed by atoms with van der Waals surface area (Å²) in [7, 11) is 0. The van der Waals surface area contributed by atoms with Gasteiger partial charge < -0.3 is 10.4 Å². The lowest BCUT2D eigenvalue weighted by molar-refractivity contribution is 0.282. The number of benzene rings is 2. The Kier molecular flexibility index (Phi) is 3.96. The largest absolute Gasteiger partial charge is 0.392 e. The Labute approximate surface area is 140 Å². The molecule has 1 saturated carbocycles. The standard InChI is InChI=1S/C18H19N5O/c24-12-14-6-4-13(5-7-14)11-19-16-3-1-2-15(10-16)18-20-21-22-23(18)17-8-9-17/h1-7,10,17,19,24H,8-9,11-12H2. The van der Waals surface area contributed by atoms with Crippen molar-refractivity contribution in [3.63, 3.8) is 0 Å². The lowest BCUT2D eigenvalue weighted by atomic mass is 10.1. The smallest absolute Gasteiger partial charge is 0.182 e. The number of tetrazole rings is 1. The van der Waals surface area contributed by atoms with E-state index in [1.54, 1.807) is 0 Å². The zero-order valence-electron chi connectivity index (χ0n) is 13.3. The zero-order valence-corrected chi connectivity index (χ0v) is 13.3. The summed E-state index contributed by atoms with van der Waals surface area (Å²) in [6.07, 6.45) is 2.31. The molecule has 6 nitrogen and oxygen atoms in total. The van der Waals surface area contributed by atoms with E-state index in [0.29, 0.717) is 6.04 Å². The first kappa shape index (κ1) is 14.8. The Balaban J connectivity index is 1.49. The molecule has 1 aliphatic carbocycles. The van der Waals surface area contributed by atoms with Crippen LogP contribution in [0.1, 0.15) is 30.0 Å². The number of nitrogens with one attached hydrogen (secondary N) is 1. The Morgan fingerprint density at radius 3 is 2.62 bits per heavy atom. The van der Waals surface area contributed by atoms with Gasteiger partial charge in [0.15, 0.2) is 5.82 Å². The van der Waals surface area contributed by atoms with Crippen LogP contribution in [-0.2, 0) is 13.2 Å². The summed E-state index contributed by atoms with van der Waals surface area (Å²) in [6.45, 7) is 0.800. The number of aliphatic hydroxyl groups excluding tert-OH is 1. The summed E-state index contributed by atoms with van der Waals surface area (Å²) >= 11 is 0. The third kappa shape index (κ3) is 3.14. The second kappa shape index (κ2) is 6.41. The van der Waals surface area contributed by atoms with Gasteiger partial charge in [-0.2, -0.15) is 0 Å². The summed E-state index contributed by atoms with van der Waals surface area (Å²) in [5.41, 5.74) is 4.14. The molecular weight excluding hydrogens is 302 g/mol. The van der Waals surface area contributed by atoms with Crippen LogP contribution in [0.5, 0.6) is 0 Å². The van der Waals surface area contributed by atoms with Gasteiger partial charge in [0.05, 0.1) is 12.6 Å². The van der Waals surface area contributed by atoms with Crippen LogP contribution in [0.25, 0.3) is 11.4 Å². The Hall–Kier alpha value is -2.73. The van der Waals surface area contributed by atoms with Crippen LogP contribution in [0.3, 0.4) is 0 Å². The second-order valence-corrected chi connectivity index (χ2v) is 6.09. The highest BCUT2D eigenvalue weighted by molar-refractivity contribution is 5.62. The van der Waals surface area contributed by atoms with Crippen molar-refractivity contribution in [3.8, 4) is 11.4 Å². The molecule has 1 heterocycles. The van der Waals surface area contributed by atoms with Crippen molar-refractivity contribution in [1.29, 1.82) is 0 Å². The molecular formula is C18H19N5O. The minimum Gasteiger partial charge on any atom is -0.392 e. The molecule has 2 aromatic carbocycles. The molecule has 0 saturated heterocycles. The van der Waals surface area contributed by atoms with Gasteiger partial charge in [0.2, 0.25) is 0 Å². The fourth-order valence-electron chi connectivity index (χ4n) is 2.68. The Bertz CT molecular complexity index is 823. The van der Waals surface area contributed by atoms with E-state index >= 15 is 0 Å². The van der Waals surface area contributed by atoms with Crippen molar-refractivity contribution in [1.82, 2.24) is 20.2 Å². The maximum Gasteiger partial charge on any atom is 0.182 e. The molecule has 6 heteroatoms. The molecule has 122 valence electrons. The maximum absolute atomic E-state index is 9.09. The quantitative estimate of drug-likeness (QED) is 0.730. The van der Waals surface area contributed by atoms with E-state index in [4.69, 9.17) is 5.11 Å². The molecule has 0 unspecified atom stereocenters. The molecule has 1 aliphatic rings. The van der Waals surface area contributed by atoms with Gasteiger partial charge in [-0.05, 0) is 46.5 Å². The van der Waals surface area contributed by atoms with Crippen LogP contribution in [0.4, 0.5) is 5.69 Å². The lowest BCUT2D eigenvalue weighted by Gasteiger charge is -2.09. The van der Waals surface area contributed by atoms with E-state index in [9.17, 15) is 0 Å². The van der Waals surface area contributed by atoms with Crippen LogP contribution in [0.2, 0.25) is 0 Å². The molecule has 4 rings (SSSR count). The highest BCUT2D eigenvalue weighted by Crippen LogP contribution is 2.36. The van der Waals surface area contributed by atoms with E-state index in [2.05, 4.69) is 26.9 Å². The molecule has 1 aromatic heterocycles. The van der Waals surface area contributed by atoms with Crippen molar-refractivity contribution < 1.29 is 5.11 Å². The number of rotatable bonds is 6. The molecule has 24 heavy (non-hydrogen) atoms. The normalized spacial score (nSPS) is 13.9. The van der Waals surface area contributed by atoms with Crippen molar-refractivity contribution in [2.45, 2.75) is 32.0 Å². The number of anilines is 1. The van der Waals surface area contributed by atoms with Crippen LogP contribution >= 0.6 is 0 Å². The van der Waals surface area contributed by atoms with Gasteiger partial charge in [-0.1, -0.05) is 36.4 Å². The predicted octanol–water partition coefficient (Wildman–Crippen LogP) is 2.78. The van der Waals surface area contributed by atoms with Gasteiger partial charge in [-0.15, -0.1) is 5.10 Å².